The van der Waals surface area contributed by atoms with E-state index >= 15 is 0 Å². The van der Waals surface area contributed by atoms with E-state index in [1.165, 1.54) is 27.2 Å². The zero-order chi connectivity index (χ0) is 18.6. The van der Waals surface area contributed by atoms with Crippen LogP contribution in [-0.4, -0.2) is 50.6 Å². The number of anilines is 1. The van der Waals surface area contributed by atoms with Gasteiger partial charge in [-0.25, -0.2) is 13.4 Å². The number of hydrogen-bond donors (Lipinski definition) is 1. The molecule has 26 heavy (non-hydrogen) atoms. The number of ether oxygens (including phenoxy) is 1. The van der Waals surface area contributed by atoms with Crippen LogP contribution in [0.1, 0.15) is 16.7 Å². The van der Waals surface area contributed by atoms with Crippen LogP contribution in [0, 0.1) is 13.8 Å². The summed E-state index contributed by atoms with van der Waals surface area (Å²) in [6.45, 7) is 6.59. The molecule has 0 bridgehead atoms. The van der Waals surface area contributed by atoms with E-state index in [0.29, 0.717) is 32.1 Å². The lowest BCUT2D eigenvalue weighted by molar-refractivity contribution is 0.0730. The van der Waals surface area contributed by atoms with Gasteiger partial charge in [-0.05, 0) is 43.5 Å². The van der Waals surface area contributed by atoms with Crippen LogP contribution in [0.2, 0.25) is 0 Å². The molecule has 1 aromatic carbocycles. The lowest BCUT2D eigenvalue weighted by atomic mass is 10.0. The van der Waals surface area contributed by atoms with Crippen molar-refractivity contribution in [1.29, 1.82) is 0 Å². The number of nitrogens with zero attached hydrogens (tertiary/aromatic N) is 2. The highest BCUT2D eigenvalue weighted by Crippen LogP contribution is 2.18. The van der Waals surface area contributed by atoms with Gasteiger partial charge in [0.25, 0.3) is 0 Å². The summed E-state index contributed by atoms with van der Waals surface area (Å²) in [6, 6.07) is 9.77. The number of morpholine rings is 1. The SMILES string of the molecule is Cc1ccc(CCNc2ccc(S(=O)(=O)N3CCOCC3)cn2)c(C)c1. The van der Waals surface area contributed by atoms with E-state index in [1.807, 2.05) is 0 Å². The molecule has 7 heteroatoms. The third-order valence-electron chi connectivity index (χ3n) is 4.54. The Kier molecular flexibility index (Phi) is 5.90. The number of sulfonamides is 1. The van der Waals surface area contributed by atoms with Crippen molar-refractivity contribution in [2.24, 2.45) is 0 Å². The fourth-order valence-corrected chi connectivity index (χ4v) is 4.38. The van der Waals surface area contributed by atoms with Crippen LogP contribution in [0.25, 0.3) is 0 Å². The maximum absolute atomic E-state index is 12.6. The predicted molar refractivity (Wildman–Crippen MR) is 102 cm³/mol. The minimum absolute atomic E-state index is 0.222. The van der Waals surface area contributed by atoms with E-state index in [0.717, 1.165) is 13.0 Å². The summed E-state index contributed by atoms with van der Waals surface area (Å²) in [6.07, 6.45) is 2.31. The molecule has 0 unspecified atom stereocenters. The summed E-state index contributed by atoms with van der Waals surface area (Å²) in [5.41, 5.74) is 3.85. The van der Waals surface area contributed by atoms with Crippen LogP contribution >= 0.6 is 0 Å². The van der Waals surface area contributed by atoms with Gasteiger partial charge in [0.2, 0.25) is 10.0 Å². The van der Waals surface area contributed by atoms with E-state index in [1.54, 1.807) is 12.1 Å². The maximum Gasteiger partial charge on any atom is 0.244 e. The second-order valence-corrected chi connectivity index (χ2v) is 8.44. The van der Waals surface area contributed by atoms with Crippen molar-refractivity contribution < 1.29 is 13.2 Å². The molecule has 2 aromatic rings. The Morgan fingerprint density at radius 2 is 1.92 bits per heavy atom. The first-order valence-electron chi connectivity index (χ1n) is 8.81. The number of pyridine rings is 1. The molecule has 1 saturated heterocycles. The van der Waals surface area contributed by atoms with Crippen LogP contribution in [0.5, 0.6) is 0 Å². The fraction of sp³-hybridized carbons (Fsp3) is 0.421. The topological polar surface area (TPSA) is 71.5 Å². The van der Waals surface area contributed by atoms with Crippen LogP contribution < -0.4 is 5.32 Å². The van der Waals surface area contributed by atoms with Gasteiger partial charge in [-0.3, -0.25) is 0 Å². The van der Waals surface area contributed by atoms with Gasteiger partial charge >= 0.3 is 0 Å². The largest absolute Gasteiger partial charge is 0.379 e. The van der Waals surface area contributed by atoms with E-state index in [9.17, 15) is 8.42 Å². The number of benzene rings is 1. The van der Waals surface area contributed by atoms with E-state index in [2.05, 4.69) is 42.3 Å². The Bertz CT molecular complexity index is 845. The molecule has 0 radical (unpaired) electrons. The van der Waals surface area contributed by atoms with Crippen molar-refractivity contribution in [2.45, 2.75) is 25.2 Å². The Balaban J connectivity index is 1.59. The average molecular weight is 375 g/mol. The van der Waals surface area contributed by atoms with Crippen molar-refractivity contribution in [2.75, 3.05) is 38.2 Å². The predicted octanol–water partition coefficient (Wildman–Crippen LogP) is 2.37. The molecule has 0 aliphatic carbocycles. The Morgan fingerprint density at radius 3 is 2.58 bits per heavy atom. The summed E-state index contributed by atoms with van der Waals surface area (Å²) in [4.78, 5) is 4.48. The molecule has 0 amide bonds. The molecule has 140 valence electrons. The number of rotatable bonds is 6. The number of hydrogen-bond acceptors (Lipinski definition) is 5. The van der Waals surface area contributed by atoms with Crippen molar-refractivity contribution in [1.82, 2.24) is 9.29 Å². The van der Waals surface area contributed by atoms with Gasteiger partial charge in [0.1, 0.15) is 10.7 Å². The van der Waals surface area contributed by atoms with Crippen LogP contribution in [0.3, 0.4) is 0 Å². The minimum Gasteiger partial charge on any atom is -0.379 e. The summed E-state index contributed by atoms with van der Waals surface area (Å²) in [7, 11) is -3.49. The minimum atomic E-state index is -3.49. The van der Waals surface area contributed by atoms with E-state index in [4.69, 9.17) is 4.74 Å². The van der Waals surface area contributed by atoms with Crippen LogP contribution in [0.4, 0.5) is 5.82 Å². The third kappa shape index (κ3) is 4.41. The van der Waals surface area contributed by atoms with Gasteiger partial charge in [0.15, 0.2) is 0 Å². The van der Waals surface area contributed by atoms with Gasteiger partial charge in [0.05, 0.1) is 13.2 Å². The van der Waals surface area contributed by atoms with Gasteiger partial charge in [-0.1, -0.05) is 23.8 Å². The molecule has 3 rings (SSSR count). The molecule has 6 nitrogen and oxygen atoms in total. The fourth-order valence-electron chi connectivity index (χ4n) is 3.03. The molecule has 1 aromatic heterocycles. The molecular weight excluding hydrogens is 350 g/mol. The van der Waals surface area contributed by atoms with Gasteiger partial charge in [-0.15, -0.1) is 0 Å². The third-order valence-corrected chi connectivity index (χ3v) is 6.42. The van der Waals surface area contributed by atoms with Crippen LogP contribution in [0.15, 0.2) is 41.4 Å². The number of aromatic nitrogens is 1. The van der Waals surface area contributed by atoms with Crippen molar-refractivity contribution in [3.05, 3.63) is 53.2 Å². The molecule has 0 saturated carbocycles. The van der Waals surface area contributed by atoms with Crippen molar-refractivity contribution in [3.8, 4) is 0 Å². The van der Waals surface area contributed by atoms with Crippen LogP contribution in [-0.2, 0) is 21.2 Å². The lowest BCUT2D eigenvalue weighted by Gasteiger charge is -2.25. The molecule has 1 aliphatic heterocycles. The molecule has 0 atom stereocenters. The summed E-state index contributed by atoms with van der Waals surface area (Å²) in [5.74, 6) is 0.677. The first-order valence-corrected chi connectivity index (χ1v) is 10.2. The maximum atomic E-state index is 12.6. The normalized spacial score (nSPS) is 15.8. The zero-order valence-corrected chi connectivity index (χ0v) is 16.1. The second-order valence-electron chi connectivity index (χ2n) is 6.50. The Hall–Kier alpha value is -1.96. The lowest BCUT2D eigenvalue weighted by Crippen LogP contribution is -2.40. The Labute approximate surface area is 155 Å². The molecule has 1 aliphatic rings. The highest BCUT2D eigenvalue weighted by Gasteiger charge is 2.26. The smallest absolute Gasteiger partial charge is 0.244 e. The summed E-state index contributed by atoms with van der Waals surface area (Å²) in [5, 5.41) is 3.25. The number of nitrogens with one attached hydrogen (secondary N) is 1. The van der Waals surface area contributed by atoms with Crippen molar-refractivity contribution in [3.63, 3.8) is 0 Å². The van der Waals surface area contributed by atoms with Gasteiger partial charge in [-0.2, -0.15) is 4.31 Å². The summed E-state index contributed by atoms with van der Waals surface area (Å²) < 4.78 is 31.8. The molecule has 1 fully saturated rings. The average Bonchev–Trinajstić information content (AvgIpc) is 2.65. The Morgan fingerprint density at radius 1 is 1.15 bits per heavy atom. The molecule has 0 spiro atoms. The van der Waals surface area contributed by atoms with E-state index in [-0.39, 0.29) is 4.90 Å². The number of aryl methyl sites for hydroxylation is 2. The quantitative estimate of drug-likeness (QED) is 0.839. The zero-order valence-electron chi connectivity index (χ0n) is 15.2. The first-order chi connectivity index (χ1) is 12.5. The monoisotopic (exact) mass is 375 g/mol. The van der Waals surface area contributed by atoms with Gasteiger partial charge < -0.3 is 10.1 Å². The molecular formula is C19H25N3O3S. The highest BCUT2D eigenvalue weighted by atomic mass is 32.2. The molecule has 2 heterocycles. The van der Waals surface area contributed by atoms with E-state index < -0.39 is 10.0 Å². The molecule has 1 N–H and O–H groups in total. The second kappa shape index (κ2) is 8.16. The summed E-state index contributed by atoms with van der Waals surface area (Å²) >= 11 is 0. The standard InChI is InChI=1S/C19H25N3O3S/c1-15-3-4-17(16(2)13-15)7-8-20-19-6-5-18(14-21-19)26(23,24)22-9-11-25-12-10-22/h3-6,13-14H,7-12H2,1-2H3,(H,20,21). The first kappa shape index (κ1) is 18.8. The highest BCUT2D eigenvalue weighted by molar-refractivity contribution is 7.89. The van der Waals surface area contributed by atoms with Crippen molar-refractivity contribution >= 4 is 15.8 Å². The van der Waals surface area contributed by atoms with Gasteiger partial charge in [0, 0.05) is 25.8 Å².